The maximum Gasteiger partial charge on any atom is 0.160 e. The Morgan fingerprint density at radius 1 is 0.467 bits per heavy atom. The predicted octanol–water partition coefficient (Wildman–Crippen LogP) is 11.6. The number of hydrogen-bond donors (Lipinski definition) is 0. The van der Waals surface area contributed by atoms with E-state index in [0.717, 1.165) is 92.1 Å². The smallest absolute Gasteiger partial charge is 0.160 e. The Hall–Kier alpha value is -5.78. The lowest BCUT2D eigenvalue weighted by molar-refractivity contribution is 0.668. The van der Waals surface area contributed by atoms with Crippen LogP contribution in [0.25, 0.3) is 98.0 Å². The molecule has 45 heavy (non-hydrogen) atoms. The molecule has 0 saturated heterocycles. The van der Waals surface area contributed by atoms with Crippen molar-refractivity contribution >= 4 is 75.5 Å². The molecule has 0 aliphatic rings. The van der Waals surface area contributed by atoms with Gasteiger partial charge in [-0.25, -0.2) is 9.97 Å². The van der Waals surface area contributed by atoms with Crippen LogP contribution < -0.4 is 0 Å². The summed E-state index contributed by atoms with van der Waals surface area (Å²) < 4.78 is 14.8. The topological polar surface area (TPSA) is 52.1 Å². The highest BCUT2D eigenvalue weighted by Gasteiger charge is 2.21. The van der Waals surface area contributed by atoms with Crippen LogP contribution in [0.4, 0.5) is 0 Å². The van der Waals surface area contributed by atoms with Crippen LogP contribution in [0, 0.1) is 0 Å². The Bertz CT molecular complexity index is 2770. The summed E-state index contributed by atoms with van der Waals surface area (Å²) in [6, 6.07) is 45.9. The van der Waals surface area contributed by atoms with Crippen LogP contribution >= 0.6 is 11.3 Å². The minimum Gasteiger partial charge on any atom is -0.456 e. The van der Waals surface area contributed by atoms with E-state index in [4.69, 9.17) is 18.8 Å². The second kappa shape index (κ2) is 9.36. The zero-order valence-electron chi connectivity index (χ0n) is 23.8. The number of rotatable bonds is 3. The van der Waals surface area contributed by atoms with Crippen LogP contribution in [0.2, 0.25) is 0 Å². The molecule has 10 aromatic rings. The van der Waals surface area contributed by atoms with E-state index >= 15 is 0 Å². The van der Waals surface area contributed by atoms with Crippen molar-refractivity contribution in [2.24, 2.45) is 0 Å². The highest BCUT2D eigenvalue weighted by atomic mass is 32.1. The summed E-state index contributed by atoms with van der Waals surface area (Å²) in [7, 11) is 0. The fourth-order valence-electron chi connectivity index (χ4n) is 6.70. The third-order valence-electron chi connectivity index (χ3n) is 8.72. The van der Waals surface area contributed by atoms with Gasteiger partial charge in [-0.2, -0.15) is 0 Å². The number of fused-ring (bicyclic) bond motifs is 9. The van der Waals surface area contributed by atoms with Gasteiger partial charge < -0.3 is 8.83 Å². The molecule has 0 aliphatic carbocycles. The van der Waals surface area contributed by atoms with Crippen molar-refractivity contribution in [3.05, 3.63) is 133 Å². The van der Waals surface area contributed by atoms with Gasteiger partial charge in [0, 0.05) is 42.8 Å². The lowest BCUT2D eigenvalue weighted by atomic mass is 9.96. The van der Waals surface area contributed by atoms with Gasteiger partial charge in [-0.15, -0.1) is 11.3 Å². The standard InChI is InChI=1S/C40H22N2O2S/c1-2-10-23(11-3-1)40-41-37(24-20-21-26-25-12-4-6-16-30(25)44-33(26)22-24)39-38(42-40)36-28(15-9-19-34(36)45-39)27-14-8-18-32-35(27)29-13-5-7-17-31(29)43-32/h1-22H. The van der Waals surface area contributed by atoms with Gasteiger partial charge in [0.15, 0.2) is 5.82 Å². The molecule has 0 spiro atoms. The van der Waals surface area contributed by atoms with Gasteiger partial charge in [-0.1, -0.05) is 97.1 Å². The fraction of sp³-hybridized carbons (Fsp3) is 0. The molecule has 0 amide bonds. The van der Waals surface area contributed by atoms with E-state index in [0.29, 0.717) is 5.82 Å². The zero-order valence-corrected chi connectivity index (χ0v) is 24.6. The number of hydrogen-bond acceptors (Lipinski definition) is 5. The van der Waals surface area contributed by atoms with Gasteiger partial charge in [-0.3, -0.25) is 0 Å². The molecule has 0 saturated carbocycles. The first kappa shape index (κ1) is 24.6. The Balaban J connectivity index is 1.30. The SMILES string of the molecule is c1ccc(-c2nc(-c3ccc4c(c3)oc3ccccc34)c3sc4cccc(-c5cccc6oc7ccccc7c56)c4c3n2)cc1. The maximum atomic E-state index is 6.30. The highest BCUT2D eigenvalue weighted by Crippen LogP contribution is 2.46. The molecule has 0 fully saturated rings. The van der Waals surface area contributed by atoms with Crippen molar-refractivity contribution in [3.63, 3.8) is 0 Å². The van der Waals surface area contributed by atoms with Gasteiger partial charge in [0.1, 0.15) is 22.3 Å². The molecule has 0 radical (unpaired) electrons. The molecule has 6 aromatic carbocycles. The van der Waals surface area contributed by atoms with Crippen molar-refractivity contribution in [1.29, 1.82) is 0 Å². The summed E-state index contributed by atoms with van der Waals surface area (Å²) in [5.41, 5.74) is 9.60. The quantitative estimate of drug-likeness (QED) is 0.204. The van der Waals surface area contributed by atoms with Crippen molar-refractivity contribution in [3.8, 4) is 33.8 Å². The summed E-state index contributed by atoms with van der Waals surface area (Å²) in [6.07, 6.45) is 0. The van der Waals surface area contributed by atoms with Crippen molar-refractivity contribution in [2.75, 3.05) is 0 Å². The van der Waals surface area contributed by atoms with E-state index in [2.05, 4.69) is 78.9 Å². The van der Waals surface area contributed by atoms with Crippen LogP contribution in [-0.2, 0) is 0 Å². The molecule has 4 heterocycles. The Labute approximate surface area is 260 Å². The van der Waals surface area contributed by atoms with Crippen LogP contribution in [0.3, 0.4) is 0 Å². The monoisotopic (exact) mass is 594 g/mol. The molecule has 4 aromatic heterocycles. The average molecular weight is 595 g/mol. The zero-order chi connectivity index (χ0) is 29.5. The predicted molar refractivity (Wildman–Crippen MR) is 186 cm³/mol. The third kappa shape index (κ3) is 3.65. The van der Waals surface area contributed by atoms with E-state index < -0.39 is 0 Å². The molecule has 0 unspecified atom stereocenters. The first-order valence-electron chi connectivity index (χ1n) is 14.9. The summed E-state index contributed by atoms with van der Waals surface area (Å²) >= 11 is 1.74. The molecule has 10 rings (SSSR count). The Morgan fingerprint density at radius 3 is 2.00 bits per heavy atom. The Morgan fingerprint density at radius 2 is 1.13 bits per heavy atom. The highest BCUT2D eigenvalue weighted by molar-refractivity contribution is 7.26. The molecule has 210 valence electrons. The van der Waals surface area contributed by atoms with Gasteiger partial charge in [0.25, 0.3) is 0 Å². The van der Waals surface area contributed by atoms with Crippen LogP contribution in [0.15, 0.2) is 142 Å². The summed E-state index contributed by atoms with van der Waals surface area (Å²) in [5.74, 6) is 0.698. The normalized spacial score (nSPS) is 12.0. The van der Waals surface area contributed by atoms with Crippen LogP contribution in [0.1, 0.15) is 0 Å². The van der Waals surface area contributed by atoms with Gasteiger partial charge in [0.05, 0.1) is 15.9 Å². The number of thiophene rings is 1. The second-order valence-corrected chi connectivity index (χ2v) is 12.4. The van der Waals surface area contributed by atoms with E-state index in [-0.39, 0.29) is 0 Å². The van der Waals surface area contributed by atoms with Crippen LogP contribution in [-0.4, -0.2) is 9.97 Å². The van der Waals surface area contributed by atoms with Gasteiger partial charge >= 0.3 is 0 Å². The summed E-state index contributed by atoms with van der Waals surface area (Å²) in [4.78, 5) is 10.5. The molecular formula is C40H22N2O2S. The average Bonchev–Trinajstić information content (AvgIpc) is 3.79. The lowest BCUT2D eigenvalue weighted by Crippen LogP contribution is -1.93. The van der Waals surface area contributed by atoms with Gasteiger partial charge in [0.2, 0.25) is 0 Å². The Kier molecular flexibility index (Phi) is 5.12. The second-order valence-electron chi connectivity index (χ2n) is 11.3. The molecule has 5 heteroatoms. The summed E-state index contributed by atoms with van der Waals surface area (Å²) in [6.45, 7) is 0. The van der Waals surface area contributed by atoms with Crippen molar-refractivity contribution < 1.29 is 8.83 Å². The number of aromatic nitrogens is 2. The minimum absolute atomic E-state index is 0.698. The molecule has 0 atom stereocenters. The van der Waals surface area contributed by atoms with Gasteiger partial charge in [-0.05, 0) is 47.5 Å². The molecule has 0 bridgehead atoms. The number of benzene rings is 6. The fourth-order valence-corrected chi connectivity index (χ4v) is 7.88. The minimum atomic E-state index is 0.698. The molecular weight excluding hydrogens is 573 g/mol. The van der Waals surface area contributed by atoms with Crippen molar-refractivity contribution in [1.82, 2.24) is 9.97 Å². The largest absolute Gasteiger partial charge is 0.456 e. The third-order valence-corrected chi connectivity index (χ3v) is 9.87. The number of para-hydroxylation sites is 2. The first-order chi connectivity index (χ1) is 22.3. The van der Waals surface area contributed by atoms with E-state index in [1.165, 1.54) is 0 Å². The molecule has 0 N–H and O–H groups in total. The van der Waals surface area contributed by atoms with E-state index in [1.807, 2.05) is 54.6 Å². The van der Waals surface area contributed by atoms with E-state index in [9.17, 15) is 0 Å². The number of nitrogens with zero attached hydrogens (tertiary/aromatic N) is 2. The van der Waals surface area contributed by atoms with Crippen LogP contribution in [0.5, 0.6) is 0 Å². The number of furan rings is 2. The maximum absolute atomic E-state index is 6.30. The first-order valence-corrected chi connectivity index (χ1v) is 15.7. The molecule has 4 nitrogen and oxygen atoms in total. The van der Waals surface area contributed by atoms with Crippen molar-refractivity contribution in [2.45, 2.75) is 0 Å². The lowest BCUT2D eigenvalue weighted by Gasteiger charge is -2.09. The van der Waals surface area contributed by atoms with E-state index in [1.54, 1.807) is 11.3 Å². The molecule has 0 aliphatic heterocycles. The summed E-state index contributed by atoms with van der Waals surface area (Å²) in [5, 5.41) is 5.57.